The molecule has 7 heteroatoms. The summed E-state index contributed by atoms with van der Waals surface area (Å²) in [6, 6.07) is 4.71. The molecule has 5 nitrogen and oxygen atoms in total. The highest BCUT2D eigenvalue weighted by atomic mass is 79.9. The number of aliphatic hydroxyl groups is 1. The van der Waals surface area contributed by atoms with Crippen LogP contribution in [0.3, 0.4) is 0 Å². The van der Waals surface area contributed by atoms with Gasteiger partial charge in [0.1, 0.15) is 0 Å². The Labute approximate surface area is 117 Å². The maximum atomic E-state index is 11.7. The van der Waals surface area contributed by atoms with Crippen LogP contribution in [-0.4, -0.2) is 34.7 Å². The molecule has 0 radical (unpaired) electrons. The summed E-state index contributed by atoms with van der Waals surface area (Å²) >= 11 is 8.95. The zero-order valence-corrected chi connectivity index (χ0v) is 11.5. The van der Waals surface area contributed by atoms with Crippen molar-refractivity contribution >= 4 is 39.4 Å². The van der Waals surface area contributed by atoms with Crippen LogP contribution in [0.2, 0.25) is 5.02 Å². The lowest BCUT2D eigenvalue weighted by atomic mass is 10.2. The number of rotatable bonds is 5. The van der Waals surface area contributed by atoms with Crippen molar-refractivity contribution < 1.29 is 19.8 Å². The summed E-state index contributed by atoms with van der Waals surface area (Å²) in [7, 11) is 0. The predicted molar refractivity (Wildman–Crippen MR) is 69.7 cm³/mol. The zero-order valence-electron chi connectivity index (χ0n) is 9.19. The number of carboxylic acid groups (broad SMARTS) is 1. The van der Waals surface area contributed by atoms with Crippen LogP contribution in [0.4, 0.5) is 0 Å². The summed E-state index contributed by atoms with van der Waals surface area (Å²) in [5.41, 5.74) is 0.393. The Hall–Kier alpha value is -1.11. The predicted octanol–water partition coefficient (Wildman–Crippen LogP) is 1.67. The second-order valence-electron chi connectivity index (χ2n) is 3.52. The van der Waals surface area contributed by atoms with Gasteiger partial charge in [0, 0.05) is 22.5 Å². The molecule has 0 bridgehead atoms. The van der Waals surface area contributed by atoms with Crippen molar-refractivity contribution in [3.63, 3.8) is 0 Å². The number of benzene rings is 1. The summed E-state index contributed by atoms with van der Waals surface area (Å²) in [6.07, 6.45) is -1.52. The third kappa shape index (κ3) is 4.29. The summed E-state index contributed by atoms with van der Waals surface area (Å²) < 4.78 is 0.547. The third-order valence-corrected chi connectivity index (χ3v) is 3.06. The normalized spacial score (nSPS) is 11.9. The van der Waals surface area contributed by atoms with Crippen molar-refractivity contribution in [2.75, 3.05) is 6.54 Å². The van der Waals surface area contributed by atoms with Crippen molar-refractivity contribution in [2.45, 2.75) is 12.5 Å². The van der Waals surface area contributed by atoms with Gasteiger partial charge in [-0.2, -0.15) is 0 Å². The average Bonchev–Trinajstić information content (AvgIpc) is 2.28. The molecule has 1 rings (SSSR count). The molecule has 18 heavy (non-hydrogen) atoms. The number of aliphatic hydroxyl groups excluding tert-OH is 1. The van der Waals surface area contributed by atoms with Crippen LogP contribution in [0.25, 0.3) is 0 Å². The molecule has 1 amide bonds. The van der Waals surface area contributed by atoms with E-state index in [-0.39, 0.29) is 18.9 Å². The molecule has 0 saturated carbocycles. The first-order valence-corrected chi connectivity index (χ1v) is 6.23. The van der Waals surface area contributed by atoms with E-state index in [9.17, 15) is 9.59 Å². The van der Waals surface area contributed by atoms with Crippen molar-refractivity contribution in [1.29, 1.82) is 0 Å². The lowest BCUT2D eigenvalue weighted by molar-refractivity contribution is -0.146. The highest BCUT2D eigenvalue weighted by molar-refractivity contribution is 9.10. The first-order chi connectivity index (χ1) is 8.41. The molecule has 0 aliphatic rings. The molecule has 1 atom stereocenters. The zero-order chi connectivity index (χ0) is 13.7. The molecule has 0 aromatic heterocycles. The van der Waals surface area contributed by atoms with Gasteiger partial charge in [0.15, 0.2) is 6.10 Å². The Kier molecular flexibility index (Phi) is 5.58. The Balaban J connectivity index is 2.53. The van der Waals surface area contributed by atoms with E-state index in [0.29, 0.717) is 15.1 Å². The SMILES string of the molecule is O=C(NCCC(O)C(=O)O)c1ccc(Cl)cc1Br. The van der Waals surface area contributed by atoms with Crippen LogP contribution < -0.4 is 5.32 Å². The van der Waals surface area contributed by atoms with Crippen LogP contribution in [0.1, 0.15) is 16.8 Å². The Morgan fingerprint density at radius 1 is 1.44 bits per heavy atom. The molecule has 3 N–H and O–H groups in total. The second kappa shape index (κ2) is 6.72. The van der Waals surface area contributed by atoms with E-state index in [2.05, 4.69) is 21.2 Å². The quantitative estimate of drug-likeness (QED) is 0.763. The average molecular weight is 337 g/mol. The second-order valence-corrected chi connectivity index (χ2v) is 4.81. The van der Waals surface area contributed by atoms with Crippen molar-refractivity contribution in [3.8, 4) is 0 Å². The monoisotopic (exact) mass is 335 g/mol. The van der Waals surface area contributed by atoms with Gasteiger partial charge in [-0.05, 0) is 34.1 Å². The van der Waals surface area contributed by atoms with Gasteiger partial charge in [0.05, 0.1) is 5.56 Å². The van der Waals surface area contributed by atoms with E-state index in [0.717, 1.165) is 0 Å². The highest BCUT2D eigenvalue weighted by Crippen LogP contribution is 2.21. The summed E-state index contributed by atoms with van der Waals surface area (Å²) in [5.74, 6) is -1.67. The first-order valence-electron chi connectivity index (χ1n) is 5.06. The van der Waals surface area contributed by atoms with Gasteiger partial charge in [-0.1, -0.05) is 11.6 Å². The van der Waals surface area contributed by atoms with Gasteiger partial charge in [-0.15, -0.1) is 0 Å². The molecular weight excluding hydrogens is 325 g/mol. The molecule has 98 valence electrons. The molecule has 1 unspecified atom stereocenters. The van der Waals surface area contributed by atoms with Gasteiger partial charge in [0.25, 0.3) is 5.91 Å². The van der Waals surface area contributed by atoms with Crippen LogP contribution in [0.5, 0.6) is 0 Å². The highest BCUT2D eigenvalue weighted by Gasteiger charge is 2.14. The standard InChI is InChI=1S/C11H11BrClNO4/c12-8-5-6(13)1-2-7(8)10(16)14-4-3-9(15)11(17)18/h1-2,5,9,15H,3-4H2,(H,14,16)(H,17,18). The number of carboxylic acids is 1. The molecule has 1 aromatic carbocycles. The van der Waals surface area contributed by atoms with Gasteiger partial charge in [-0.3, -0.25) is 4.79 Å². The molecule has 1 aromatic rings. The third-order valence-electron chi connectivity index (χ3n) is 2.16. The van der Waals surface area contributed by atoms with Crippen LogP contribution in [0.15, 0.2) is 22.7 Å². The molecule has 0 aliphatic heterocycles. The van der Waals surface area contributed by atoms with Crippen molar-refractivity contribution in [2.24, 2.45) is 0 Å². The maximum Gasteiger partial charge on any atom is 0.332 e. The van der Waals surface area contributed by atoms with E-state index >= 15 is 0 Å². The number of carbonyl (C=O) groups excluding carboxylic acids is 1. The number of carbonyl (C=O) groups is 2. The van der Waals surface area contributed by atoms with Gasteiger partial charge in [0.2, 0.25) is 0 Å². The number of halogens is 2. The van der Waals surface area contributed by atoms with E-state index in [1.807, 2.05) is 0 Å². The van der Waals surface area contributed by atoms with Crippen LogP contribution in [0, 0.1) is 0 Å². The number of hydrogen-bond donors (Lipinski definition) is 3. The number of amides is 1. The minimum absolute atomic E-state index is 0.0493. The summed E-state index contributed by atoms with van der Waals surface area (Å²) in [6.45, 7) is 0.0708. The van der Waals surface area contributed by atoms with E-state index in [1.54, 1.807) is 18.2 Å². The lowest BCUT2D eigenvalue weighted by Gasteiger charge is -2.08. The molecular formula is C11H11BrClNO4. The molecule has 0 saturated heterocycles. The van der Waals surface area contributed by atoms with Gasteiger partial charge in [-0.25, -0.2) is 4.79 Å². The topological polar surface area (TPSA) is 86.6 Å². The Morgan fingerprint density at radius 3 is 2.67 bits per heavy atom. The lowest BCUT2D eigenvalue weighted by Crippen LogP contribution is -2.30. The maximum absolute atomic E-state index is 11.7. The summed E-state index contributed by atoms with van der Waals surface area (Å²) in [5, 5.41) is 20.5. The van der Waals surface area contributed by atoms with Crippen molar-refractivity contribution in [1.82, 2.24) is 5.32 Å². The molecule has 0 fully saturated rings. The molecule has 0 aliphatic carbocycles. The van der Waals surface area contributed by atoms with E-state index in [4.69, 9.17) is 21.8 Å². The Bertz CT molecular complexity index is 466. The minimum atomic E-state index is -1.47. The first kappa shape index (κ1) is 14.9. The van der Waals surface area contributed by atoms with E-state index in [1.165, 1.54) is 0 Å². The number of hydrogen-bond acceptors (Lipinski definition) is 3. The smallest absolute Gasteiger partial charge is 0.332 e. The Morgan fingerprint density at radius 2 is 2.11 bits per heavy atom. The molecule has 0 spiro atoms. The largest absolute Gasteiger partial charge is 0.479 e. The van der Waals surface area contributed by atoms with Gasteiger partial charge < -0.3 is 15.5 Å². The van der Waals surface area contributed by atoms with Gasteiger partial charge >= 0.3 is 5.97 Å². The van der Waals surface area contributed by atoms with E-state index < -0.39 is 12.1 Å². The fourth-order valence-electron chi connectivity index (χ4n) is 1.21. The fourth-order valence-corrected chi connectivity index (χ4v) is 2.08. The van der Waals surface area contributed by atoms with Crippen LogP contribution in [-0.2, 0) is 4.79 Å². The number of nitrogens with one attached hydrogen (secondary N) is 1. The summed E-state index contributed by atoms with van der Waals surface area (Å²) in [4.78, 5) is 22.1. The number of aliphatic carboxylic acids is 1. The molecule has 0 heterocycles. The minimum Gasteiger partial charge on any atom is -0.479 e. The fraction of sp³-hybridized carbons (Fsp3) is 0.273. The van der Waals surface area contributed by atoms with Crippen molar-refractivity contribution in [3.05, 3.63) is 33.3 Å². The van der Waals surface area contributed by atoms with Crippen LogP contribution >= 0.6 is 27.5 Å².